The van der Waals surface area contributed by atoms with Crippen LogP contribution in [-0.2, 0) is 20.7 Å². The molecule has 1 aliphatic rings. The van der Waals surface area contributed by atoms with Crippen LogP contribution < -0.4 is 10.6 Å². The fourth-order valence-electron chi connectivity index (χ4n) is 6.71. The molecule has 1 saturated heterocycles. The largest absolute Gasteiger partial charge is 0.444 e. The molecule has 5 amide bonds. The molecule has 1 fully saturated rings. The molecule has 304 valence electrons. The molecule has 0 bridgehead atoms. The lowest BCUT2D eigenvalue weighted by atomic mass is 9.85. The Morgan fingerprint density at radius 3 is 2.25 bits per heavy atom. The van der Waals surface area contributed by atoms with Crippen LogP contribution in [0, 0.1) is 11.2 Å². The highest BCUT2D eigenvalue weighted by atomic mass is 19.1. The number of rotatable bonds is 12. The molecule has 0 unspecified atom stereocenters. The van der Waals surface area contributed by atoms with Crippen LogP contribution in [0.3, 0.4) is 0 Å². The smallest absolute Gasteiger partial charge is 0.410 e. The van der Waals surface area contributed by atoms with E-state index in [-0.39, 0.29) is 43.0 Å². The summed E-state index contributed by atoms with van der Waals surface area (Å²) in [5, 5.41) is 5.99. The summed E-state index contributed by atoms with van der Waals surface area (Å²) < 4.78 is 21.0. The van der Waals surface area contributed by atoms with E-state index in [1.54, 1.807) is 96.8 Å². The third kappa shape index (κ3) is 11.0. The molecule has 0 aliphatic carbocycles. The number of nitrogens with zero attached hydrogens (tertiary/aromatic N) is 5. The summed E-state index contributed by atoms with van der Waals surface area (Å²) >= 11 is 0. The Kier molecular flexibility index (Phi) is 13.0. The van der Waals surface area contributed by atoms with Crippen LogP contribution in [0.4, 0.5) is 9.18 Å². The van der Waals surface area contributed by atoms with Gasteiger partial charge in [-0.3, -0.25) is 24.1 Å². The molecule has 13 nitrogen and oxygen atoms in total. The van der Waals surface area contributed by atoms with Crippen molar-refractivity contribution in [2.75, 3.05) is 26.7 Å². The van der Waals surface area contributed by atoms with Gasteiger partial charge in [-0.2, -0.15) is 0 Å². The lowest BCUT2D eigenvalue weighted by Gasteiger charge is -2.38. The van der Waals surface area contributed by atoms with Crippen molar-refractivity contribution in [3.63, 3.8) is 0 Å². The van der Waals surface area contributed by atoms with Crippen LogP contribution in [0.1, 0.15) is 81.3 Å². The molecule has 14 heteroatoms. The lowest BCUT2D eigenvalue weighted by molar-refractivity contribution is -0.141. The standard InChI is InChI=1S/C43H54FN7O6/c1-28(48(8)41(56)57-43(5,6)7)37(52)47-36(42(2,3)4)40(55)51-25-32(45-38(53)30-14-10-9-11-15-30)24-33(51)26-50(23-21-29-17-19-31(44)20-18-29)39(54)34-27-49-22-13-12-16-35(49)46-34/h9-20,22,27-28,32-33,36H,21,23-26H2,1-8H3,(H,45,53)(H,47,52)/t28-,32-,33-,36+/m0/s1. The minimum atomic E-state index is -1.05. The fourth-order valence-corrected chi connectivity index (χ4v) is 6.71. The van der Waals surface area contributed by atoms with Gasteiger partial charge in [-0.25, -0.2) is 14.2 Å². The number of imidazole rings is 1. The van der Waals surface area contributed by atoms with E-state index in [1.165, 1.54) is 24.1 Å². The van der Waals surface area contributed by atoms with E-state index in [1.807, 2.05) is 39.0 Å². The summed E-state index contributed by atoms with van der Waals surface area (Å²) in [5.74, 6) is -1.98. The first-order valence-corrected chi connectivity index (χ1v) is 19.2. The Morgan fingerprint density at radius 1 is 0.947 bits per heavy atom. The monoisotopic (exact) mass is 783 g/mol. The zero-order chi connectivity index (χ0) is 41.7. The van der Waals surface area contributed by atoms with Gasteiger partial charge in [-0.15, -0.1) is 0 Å². The van der Waals surface area contributed by atoms with E-state index in [4.69, 9.17) is 4.74 Å². The van der Waals surface area contributed by atoms with Crippen molar-refractivity contribution >= 4 is 35.4 Å². The van der Waals surface area contributed by atoms with Crippen molar-refractivity contribution in [2.24, 2.45) is 5.41 Å². The van der Waals surface area contributed by atoms with Crippen molar-refractivity contribution in [3.8, 4) is 0 Å². The van der Waals surface area contributed by atoms with Gasteiger partial charge in [0.25, 0.3) is 11.8 Å². The summed E-state index contributed by atoms with van der Waals surface area (Å²) in [6.07, 6.45) is 3.49. The number of nitrogens with one attached hydrogen (secondary N) is 2. The quantitative estimate of drug-likeness (QED) is 0.197. The molecule has 57 heavy (non-hydrogen) atoms. The molecule has 3 heterocycles. The Morgan fingerprint density at radius 2 is 1.61 bits per heavy atom. The second kappa shape index (κ2) is 17.6. The van der Waals surface area contributed by atoms with E-state index in [2.05, 4.69) is 15.6 Å². The number of hydrogen-bond donors (Lipinski definition) is 2. The van der Waals surface area contributed by atoms with E-state index in [0.717, 1.165) is 5.56 Å². The van der Waals surface area contributed by atoms with Gasteiger partial charge in [0, 0.05) is 50.7 Å². The van der Waals surface area contributed by atoms with Gasteiger partial charge in [-0.1, -0.05) is 57.2 Å². The van der Waals surface area contributed by atoms with E-state index >= 15 is 0 Å². The molecule has 0 radical (unpaired) electrons. The first kappa shape index (κ1) is 42.4. The van der Waals surface area contributed by atoms with Crippen LogP contribution in [0.25, 0.3) is 5.65 Å². The van der Waals surface area contributed by atoms with Crippen LogP contribution in [0.2, 0.25) is 0 Å². The molecule has 2 aromatic heterocycles. The number of carbonyl (C=O) groups is 5. The average molecular weight is 784 g/mol. The number of hydrogen-bond acceptors (Lipinski definition) is 7. The topological polar surface area (TPSA) is 146 Å². The number of benzene rings is 2. The SMILES string of the molecule is C[C@@H](C(=O)N[C@H](C(=O)N1C[C@@H](NC(=O)c2ccccc2)C[C@H]1CN(CCc1ccc(F)cc1)C(=O)c1cn2ccccc2n1)C(C)(C)C)N(C)C(=O)OC(C)(C)C. The predicted octanol–water partition coefficient (Wildman–Crippen LogP) is 5.34. The molecule has 1 aliphatic heterocycles. The Balaban J connectivity index is 1.45. The first-order valence-electron chi connectivity index (χ1n) is 19.2. The number of aromatic nitrogens is 2. The molecule has 2 N–H and O–H groups in total. The number of amides is 5. The Labute approximate surface area is 333 Å². The second-order valence-electron chi connectivity index (χ2n) is 16.7. The highest BCUT2D eigenvalue weighted by Crippen LogP contribution is 2.28. The van der Waals surface area contributed by atoms with Gasteiger partial charge < -0.3 is 29.6 Å². The van der Waals surface area contributed by atoms with E-state index < -0.39 is 53.1 Å². The van der Waals surface area contributed by atoms with Crippen molar-refractivity contribution in [3.05, 3.63) is 108 Å². The number of pyridine rings is 1. The summed E-state index contributed by atoms with van der Waals surface area (Å²) in [4.78, 5) is 78.2. The zero-order valence-electron chi connectivity index (χ0n) is 34.0. The van der Waals surface area contributed by atoms with Crippen molar-refractivity contribution in [1.29, 1.82) is 0 Å². The first-order chi connectivity index (χ1) is 26.8. The van der Waals surface area contributed by atoms with Gasteiger partial charge in [0.15, 0.2) is 0 Å². The van der Waals surface area contributed by atoms with Gasteiger partial charge in [0.05, 0.1) is 6.04 Å². The van der Waals surface area contributed by atoms with Gasteiger partial charge in [-0.05, 0) is 87.9 Å². The number of fused-ring (bicyclic) bond motifs is 1. The van der Waals surface area contributed by atoms with Gasteiger partial charge in [0.1, 0.15) is 34.8 Å². The zero-order valence-corrected chi connectivity index (χ0v) is 34.0. The van der Waals surface area contributed by atoms with Crippen LogP contribution in [0.15, 0.2) is 85.2 Å². The summed E-state index contributed by atoms with van der Waals surface area (Å²) in [5.41, 5.74) is 0.523. The predicted molar refractivity (Wildman–Crippen MR) is 214 cm³/mol. The highest BCUT2D eigenvalue weighted by molar-refractivity contribution is 5.95. The molecule has 4 aromatic rings. The number of likely N-dealkylation sites (N-methyl/N-ethyl adjacent to an activating group) is 1. The highest BCUT2D eigenvalue weighted by Gasteiger charge is 2.44. The summed E-state index contributed by atoms with van der Waals surface area (Å²) in [6, 6.07) is 17.2. The van der Waals surface area contributed by atoms with Crippen LogP contribution in [0.5, 0.6) is 0 Å². The number of halogens is 1. The Bertz CT molecular complexity index is 2020. The third-order valence-electron chi connectivity index (χ3n) is 10.00. The molecule has 0 saturated carbocycles. The molecule has 0 spiro atoms. The molecule has 4 atom stereocenters. The van der Waals surface area contributed by atoms with Crippen LogP contribution >= 0.6 is 0 Å². The fraction of sp³-hybridized carbons (Fsp3) is 0.442. The number of likely N-dealkylation sites (tertiary alicyclic amines) is 1. The van der Waals surface area contributed by atoms with E-state index in [0.29, 0.717) is 24.1 Å². The summed E-state index contributed by atoms with van der Waals surface area (Å²) in [7, 11) is 1.46. The van der Waals surface area contributed by atoms with Crippen molar-refractivity contribution in [1.82, 2.24) is 34.7 Å². The maximum atomic E-state index is 14.8. The van der Waals surface area contributed by atoms with Crippen molar-refractivity contribution < 1.29 is 33.1 Å². The second-order valence-corrected chi connectivity index (χ2v) is 16.7. The normalized spacial score (nSPS) is 16.8. The number of ether oxygens (including phenoxy) is 1. The van der Waals surface area contributed by atoms with Gasteiger partial charge in [0.2, 0.25) is 11.8 Å². The number of carbonyl (C=O) groups excluding carboxylic acids is 5. The van der Waals surface area contributed by atoms with Gasteiger partial charge >= 0.3 is 6.09 Å². The van der Waals surface area contributed by atoms with Crippen LogP contribution in [-0.4, -0.2) is 110 Å². The minimum absolute atomic E-state index is 0.0833. The molecule has 5 rings (SSSR count). The average Bonchev–Trinajstić information content (AvgIpc) is 3.78. The third-order valence-corrected chi connectivity index (χ3v) is 10.00. The lowest BCUT2D eigenvalue weighted by Crippen LogP contribution is -2.60. The summed E-state index contributed by atoms with van der Waals surface area (Å²) in [6.45, 7) is 12.7. The molecule has 2 aromatic carbocycles. The molecular formula is C43H54FN7O6. The Hall–Kier alpha value is -5.79. The minimum Gasteiger partial charge on any atom is -0.444 e. The molecular weight excluding hydrogens is 730 g/mol. The maximum Gasteiger partial charge on any atom is 0.410 e. The van der Waals surface area contributed by atoms with E-state index in [9.17, 15) is 28.4 Å². The maximum absolute atomic E-state index is 14.8. The van der Waals surface area contributed by atoms with Crippen molar-refractivity contribution in [2.45, 2.75) is 91.1 Å².